The minimum absolute atomic E-state index is 0.0808. The number of imide groups is 1. The third kappa shape index (κ3) is 8.58. The van der Waals surface area contributed by atoms with Gasteiger partial charge in [0, 0.05) is 18.5 Å². The van der Waals surface area contributed by atoms with E-state index in [0.717, 1.165) is 0 Å². The fourth-order valence-electron chi connectivity index (χ4n) is 5.78. The van der Waals surface area contributed by atoms with Gasteiger partial charge in [-0.3, -0.25) is 33.8 Å². The first kappa shape index (κ1) is 36.2. The molecule has 1 saturated heterocycles. The molecule has 2 heterocycles. The first-order valence-electron chi connectivity index (χ1n) is 15.7. The topological polar surface area (TPSA) is 126 Å². The van der Waals surface area contributed by atoms with Crippen LogP contribution >= 0.6 is 0 Å². The van der Waals surface area contributed by atoms with Gasteiger partial charge in [0.25, 0.3) is 17.7 Å². The number of carbonyl (C=O) groups is 5. The van der Waals surface area contributed by atoms with Gasteiger partial charge in [0.05, 0.1) is 13.2 Å². The summed E-state index contributed by atoms with van der Waals surface area (Å²) >= 11 is 0. The van der Waals surface area contributed by atoms with Crippen molar-refractivity contribution in [2.75, 3.05) is 27.7 Å². The molecule has 43 heavy (non-hydrogen) atoms. The van der Waals surface area contributed by atoms with Gasteiger partial charge < -0.3 is 19.7 Å². The largest absolute Gasteiger partial charge is 0.499 e. The van der Waals surface area contributed by atoms with E-state index in [9.17, 15) is 24.0 Å². The van der Waals surface area contributed by atoms with Crippen molar-refractivity contribution in [1.29, 1.82) is 0 Å². The lowest BCUT2D eigenvalue weighted by Gasteiger charge is -2.35. The van der Waals surface area contributed by atoms with Crippen LogP contribution in [0.15, 0.2) is 11.8 Å². The fraction of sp³-hybridized carbons (Fsp3) is 0.781. The van der Waals surface area contributed by atoms with E-state index in [1.165, 1.54) is 23.0 Å². The lowest BCUT2D eigenvalue weighted by molar-refractivity contribution is -0.164. The van der Waals surface area contributed by atoms with Gasteiger partial charge in [-0.05, 0) is 57.5 Å². The highest BCUT2D eigenvalue weighted by Crippen LogP contribution is 2.31. The smallest absolute Gasteiger partial charge is 0.324 e. The zero-order chi connectivity index (χ0) is 32.8. The summed E-state index contributed by atoms with van der Waals surface area (Å²) in [5, 5.41) is 2.86. The predicted molar refractivity (Wildman–Crippen MR) is 163 cm³/mol. The van der Waals surface area contributed by atoms with Crippen LogP contribution in [-0.2, 0) is 33.4 Å². The van der Waals surface area contributed by atoms with E-state index in [-0.39, 0.29) is 23.7 Å². The van der Waals surface area contributed by atoms with Crippen molar-refractivity contribution in [3.63, 3.8) is 0 Å². The lowest BCUT2D eigenvalue weighted by Crippen LogP contribution is -2.58. The Kier molecular flexibility index (Phi) is 13.2. The number of esters is 1. The summed E-state index contributed by atoms with van der Waals surface area (Å²) in [6.07, 6.45) is 2.42. The van der Waals surface area contributed by atoms with E-state index in [4.69, 9.17) is 9.47 Å². The summed E-state index contributed by atoms with van der Waals surface area (Å²) in [6, 6.07) is -2.83. The maximum Gasteiger partial charge on any atom is 0.324 e. The quantitative estimate of drug-likeness (QED) is 0.236. The molecule has 0 aromatic heterocycles. The maximum atomic E-state index is 14.0. The zero-order valence-electron chi connectivity index (χ0n) is 28.0. The minimum atomic E-state index is -1.08. The Hall–Kier alpha value is -2.95. The standard InChI is InChI=1S/C32H54N4O7/c1-12-21(8)28(43-32(41)23(34(9)10)16-18(2)3)29(38)33-26(19(4)5)31(40)35-15-13-14-22(35)30(39)36-25(37)17-24(42-11)27(36)20(6)7/h17-23,26-28H,12-16H2,1-11H3,(H,33,38)/t21?,22-,23-,26-,27-,28-/m0/s1. The number of nitrogens with zero attached hydrogens (tertiary/aromatic N) is 3. The van der Waals surface area contributed by atoms with Crippen LogP contribution in [0.5, 0.6) is 0 Å². The normalized spacial score (nSPS) is 21.7. The molecule has 11 heteroatoms. The molecule has 0 saturated carbocycles. The third-order valence-corrected chi connectivity index (χ3v) is 8.48. The highest BCUT2D eigenvalue weighted by Gasteiger charge is 2.47. The molecule has 6 atom stereocenters. The molecular formula is C32H54N4O7. The number of hydrogen-bond acceptors (Lipinski definition) is 8. The highest BCUT2D eigenvalue weighted by atomic mass is 16.6. The molecule has 11 nitrogen and oxygen atoms in total. The van der Waals surface area contributed by atoms with Crippen molar-refractivity contribution < 1.29 is 33.4 Å². The molecule has 244 valence electrons. The van der Waals surface area contributed by atoms with E-state index < -0.39 is 59.9 Å². The summed E-state index contributed by atoms with van der Waals surface area (Å²) in [5.74, 6) is -2.32. The summed E-state index contributed by atoms with van der Waals surface area (Å²) in [4.78, 5) is 72.0. The fourth-order valence-corrected chi connectivity index (χ4v) is 5.78. The number of rotatable bonds is 14. The van der Waals surface area contributed by atoms with Crippen LogP contribution in [-0.4, -0.2) is 102 Å². The SMILES string of the molecule is CCC(C)[C@H](OC(=O)[C@H](CC(C)C)N(C)C)C(=O)N[C@H](C(=O)N1CCC[C@H]1C(=O)N1C(=O)C=C(OC)[C@@H]1C(C)C)C(C)C. The van der Waals surface area contributed by atoms with Crippen molar-refractivity contribution in [2.24, 2.45) is 23.7 Å². The molecule has 0 aliphatic carbocycles. The number of likely N-dealkylation sites (N-methyl/N-ethyl adjacent to an activating group) is 1. The van der Waals surface area contributed by atoms with E-state index in [0.29, 0.717) is 38.0 Å². The average molecular weight is 607 g/mol. The predicted octanol–water partition coefficient (Wildman–Crippen LogP) is 2.98. The molecule has 4 amide bonds. The Morgan fingerprint density at radius 3 is 2.19 bits per heavy atom. The summed E-state index contributed by atoms with van der Waals surface area (Å²) in [7, 11) is 5.08. The van der Waals surface area contributed by atoms with Crippen LogP contribution in [0.3, 0.4) is 0 Å². The Morgan fingerprint density at radius 1 is 1.07 bits per heavy atom. The van der Waals surface area contributed by atoms with E-state index in [2.05, 4.69) is 5.32 Å². The van der Waals surface area contributed by atoms with Crippen LogP contribution < -0.4 is 5.32 Å². The highest BCUT2D eigenvalue weighted by molar-refractivity contribution is 6.07. The van der Waals surface area contributed by atoms with Crippen molar-refractivity contribution in [2.45, 2.75) is 111 Å². The molecule has 2 aliphatic heterocycles. The molecule has 0 bridgehead atoms. The van der Waals surface area contributed by atoms with Gasteiger partial charge >= 0.3 is 5.97 Å². The molecule has 1 fully saturated rings. The third-order valence-electron chi connectivity index (χ3n) is 8.48. The number of ether oxygens (including phenoxy) is 2. The Morgan fingerprint density at radius 2 is 1.70 bits per heavy atom. The molecule has 0 aromatic rings. The Bertz CT molecular complexity index is 1050. The second-order valence-corrected chi connectivity index (χ2v) is 13.3. The van der Waals surface area contributed by atoms with Gasteiger partial charge in [-0.15, -0.1) is 0 Å². The van der Waals surface area contributed by atoms with Gasteiger partial charge in [0.15, 0.2) is 6.10 Å². The summed E-state index contributed by atoms with van der Waals surface area (Å²) in [6.45, 7) is 15.6. The number of carbonyl (C=O) groups excluding carboxylic acids is 5. The van der Waals surface area contributed by atoms with Gasteiger partial charge in [-0.25, -0.2) is 0 Å². The van der Waals surface area contributed by atoms with E-state index in [1.54, 1.807) is 19.0 Å². The van der Waals surface area contributed by atoms with Gasteiger partial charge in [-0.1, -0.05) is 55.4 Å². The van der Waals surface area contributed by atoms with E-state index >= 15 is 0 Å². The zero-order valence-corrected chi connectivity index (χ0v) is 28.0. The number of nitrogens with one attached hydrogen (secondary N) is 1. The van der Waals surface area contributed by atoms with Crippen molar-refractivity contribution >= 4 is 29.6 Å². The monoisotopic (exact) mass is 606 g/mol. The van der Waals surface area contributed by atoms with Crippen molar-refractivity contribution in [1.82, 2.24) is 20.0 Å². The number of hydrogen-bond donors (Lipinski definition) is 1. The maximum absolute atomic E-state index is 14.0. The van der Waals surface area contributed by atoms with Crippen LogP contribution in [0, 0.1) is 23.7 Å². The molecular weight excluding hydrogens is 552 g/mol. The van der Waals surface area contributed by atoms with Gasteiger partial charge in [0.1, 0.15) is 23.9 Å². The first-order valence-corrected chi connectivity index (χ1v) is 15.7. The van der Waals surface area contributed by atoms with E-state index in [1.807, 2.05) is 55.4 Å². The second-order valence-electron chi connectivity index (χ2n) is 13.3. The molecule has 1 unspecified atom stereocenters. The Labute approximate surface area is 257 Å². The molecule has 0 radical (unpaired) electrons. The molecule has 0 aromatic carbocycles. The minimum Gasteiger partial charge on any atom is -0.499 e. The summed E-state index contributed by atoms with van der Waals surface area (Å²) < 4.78 is 11.2. The molecule has 2 aliphatic rings. The second kappa shape index (κ2) is 15.7. The molecule has 2 rings (SSSR count). The number of likely N-dealkylation sites (tertiary alicyclic amines) is 1. The number of methoxy groups -OCH3 is 1. The van der Waals surface area contributed by atoms with Gasteiger partial charge in [-0.2, -0.15) is 0 Å². The van der Waals surface area contributed by atoms with Crippen LogP contribution in [0.2, 0.25) is 0 Å². The summed E-state index contributed by atoms with van der Waals surface area (Å²) in [5.41, 5.74) is 0. The average Bonchev–Trinajstić information content (AvgIpc) is 3.56. The van der Waals surface area contributed by atoms with Gasteiger partial charge in [0.2, 0.25) is 5.91 Å². The molecule has 1 N–H and O–H groups in total. The lowest BCUT2D eigenvalue weighted by atomic mass is 9.97. The van der Waals surface area contributed by atoms with Crippen LogP contribution in [0.1, 0.15) is 81.1 Å². The molecule has 0 spiro atoms. The first-order chi connectivity index (χ1) is 20.1. The van der Waals surface area contributed by atoms with Crippen molar-refractivity contribution in [3.05, 3.63) is 11.8 Å². The van der Waals surface area contributed by atoms with Crippen molar-refractivity contribution in [3.8, 4) is 0 Å². The van der Waals surface area contributed by atoms with Crippen LogP contribution in [0.4, 0.5) is 0 Å². The van der Waals surface area contributed by atoms with Crippen LogP contribution in [0.25, 0.3) is 0 Å². The number of amides is 4. The Balaban J connectivity index is 2.28.